The minimum atomic E-state index is -1.14. The van der Waals surface area contributed by atoms with Crippen LogP contribution in [-0.2, 0) is 0 Å². The van der Waals surface area contributed by atoms with E-state index >= 15 is 0 Å². The van der Waals surface area contributed by atoms with Crippen molar-refractivity contribution in [2.75, 3.05) is 5.73 Å². The molecule has 1 rings (SSSR count). The Kier molecular flexibility index (Phi) is 2.32. The van der Waals surface area contributed by atoms with Crippen LogP contribution in [0.4, 0.5) is 10.1 Å². The number of hydrogen-bond acceptors (Lipinski definition) is 2. The van der Waals surface area contributed by atoms with Crippen LogP contribution in [-0.4, -0.2) is 11.1 Å². The van der Waals surface area contributed by atoms with Crippen LogP contribution >= 0.6 is 15.9 Å². The quantitative estimate of drug-likeness (QED) is 0.729. The lowest BCUT2D eigenvalue weighted by Crippen LogP contribution is -2.02. The van der Waals surface area contributed by atoms with E-state index in [2.05, 4.69) is 15.9 Å². The number of carbonyl (C=O) groups is 1. The van der Waals surface area contributed by atoms with Gasteiger partial charge in [-0.3, -0.25) is 0 Å². The molecule has 12 heavy (non-hydrogen) atoms. The van der Waals surface area contributed by atoms with Gasteiger partial charge in [0.05, 0.1) is 15.7 Å². The molecular weight excluding hydrogens is 229 g/mol. The number of carboxylic acids is 1. The number of rotatable bonds is 1. The highest BCUT2D eigenvalue weighted by molar-refractivity contribution is 9.10. The van der Waals surface area contributed by atoms with Crippen LogP contribution in [0, 0.1) is 5.82 Å². The summed E-state index contributed by atoms with van der Waals surface area (Å²) in [7, 11) is 0. The fraction of sp³-hybridized carbons (Fsp3) is 0. The van der Waals surface area contributed by atoms with Gasteiger partial charge >= 0.3 is 5.97 Å². The van der Waals surface area contributed by atoms with Crippen molar-refractivity contribution in [3.05, 3.63) is 28.0 Å². The van der Waals surface area contributed by atoms with E-state index in [0.717, 1.165) is 12.1 Å². The zero-order valence-electron chi connectivity index (χ0n) is 5.84. The zero-order chi connectivity index (χ0) is 9.30. The normalized spacial score (nSPS) is 9.83. The van der Waals surface area contributed by atoms with Crippen LogP contribution in [0.5, 0.6) is 0 Å². The first-order valence-corrected chi connectivity index (χ1v) is 3.80. The molecule has 0 aromatic heterocycles. The van der Waals surface area contributed by atoms with Crippen LogP contribution in [0.15, 0.2) is 16.6 Å². The number of carboxylic acid groups (broad SMARTS) is 1. The summed E-state index contributed by atoms with van der Waals surface area (Å²) >= 11 is 2.89. The topological polar surface area (TPSA) is 63.3 Å². The summed E-state index contributed by atoms with van der Waals surface area (Å²) in [5.41, 5.74) is 5.00. The van der Waals surface area contributed by atoms with Crippen LogP contribution in [0.1, 0.15) is 10.4 Å². The molecule has 3 nitrogen and oxygen atoms in total. The molecule has 0 radical (unpaired) electrons. The molecule has 0 amide bonds. The van der Waals surface area contributed by atoms with E-state index in [0.29, 0.717) is 0 Å². The van der Waals surface area contributed by atoms with Crippen LogP contribution < -0.4 is 5.73 Å². The summed E-state index contributed by atoms with van der Waals surface area (Å²) in [4.78, 5) is 10.5. The summed E-state index contributed by atoms with van der Waals surface area (Å²) < 4.78 is 12.8. The summed E-state index contributed by atoms with van der Waals surface area (Å²) in [5.74, 6) is -1.78. The first-order valence-electron chi connectivity index (χ1n) is 3.01. The van der Waals surface area contributed by atoms with Gasteiger partial charge in [0, 0.05) is 0 Å². The minimum Gasteiger partial charge on any atom is -0.478 e. The van der Waals surface area contributed by atoms with Crippen molar-refractivity contribution in [3.63, 3.8) is 0 Å². The number of benzene rings is 1. The van der Waals surface area contributed by atoms with E-state index in [4.69, 9.17) is 10.8 Å². The van der Waals surface area contributed by atoms with E-state index in [-0.39, 0.29) is 15.7 Å². The molecule has 5 heteroatoms. The maximum atomic E-state index is 12.7. The Balaban J connectivity index is 3.36. The molecule has 0 saturated heterocycles. The Labute approximate surface area is 76.1 Å². The molecule has 0 aliphatic carbocycles. The summed E-state index contributed by atoms with van der Waals surface area (Å²) in [6, 6.07) is 2.17. The average molecular weight is 234 g/mol. The molecule has 1 aromatic rings. The number of halogens is 2. The van der Waals surface area contributed by atoms with Crippen molar-refractivity contribution in [2.45, 2.75) is 0 Å². The molecule has 0 aliphatic rings. The van der Waals surface area contributed by atoms with E-state index < -0.39 is 11.8 Å². The molecule has 0 bridgehead atoms. The SMILES string of the molecule is Nc1c(F)ccc(C(=O)O)c1Br. The predicted molar refractivity (Wildman–Crippen MR) is 45.5 cm³/mol. The Morgan fingerprint density at radius 3 is 2.67 bits per heavy atom. The zero-order valence-corrected chi connectivity index (χ0v) is 7.43. The summed E-state index contributed by atoms with van der Waals surface area (Å²) in [5, 5.41) is 8.57. The van der Waals surface area contributed by atoms with Gasteiger partial charge in [0.15, 0.2) is 0 Å². The lowest BCUT2D eigenvalue weighted by atomic mass is 10.2. The molecule has 64 valence electrons. The Morgan fingerprint density at radius 1 is 1.58 bits per heavy atom. The minimum absolute atomic E-state index is 0.0473. The predicted octanol–water partition coefficient (Wildman–Crippen LogP) is 1.87. The second-order valence-electron chi connectivity index (χ2n) is 2.13. The van der Waals surface area contributed by atoms with Crippen LogP contribution in [0.3, 0.4) is 0 Å². The monoisotopic (exact) mass is 233 g/mol. The molecule has 0 aliphatic heterocycles. The third-order valence-corrected chi connectivity index (χ3v) is 2.21. The fourth-order valence-electron chi connectivity index (χ4n) is 0.735. The van der Waals surface area contributed by atoms with Crippen molar-refractivity contribution >= 4 is 27.6 Å². The van der Waals surface area contributed by atoms with Gasteiger partial charge in [-0.1, -0.05) is 0 Å². The first kappa shape index (κ1) is 8.99. The largest absolute Gasteiger partial charge is 0.478 e. The van der Waals surface area contributed by atoms with E-state index in [1.807, 2.05) is 0 Å². The molecule has 0 unspecified atom stereocenters. The maximum absolute atomic E-state index is 12.7. The van der Waals surface area contributed by atoms with E-state index in [1.165, 1.54) is 0 Å². The van der Waals surface area contributed by atoms with Crippen LogP contribution in [0.25, 0.3) is 0 Å². The molecule has 0 fully saturated rings. The van der Waals surface area contributed by atoms with Gasteiger partial charge < -0.3 is 10.8 Å². The van der Waals surface area contributed by atoms with Gasteiger partial charge in [0.1, 0.15) is 5.82 Å². The number of aromatic carboxylic acids is 1. The van der Waals surface area contributed by atoms with E-state index in [9.17, 15) is 9.18 Å². The third kappa shape index (κ3) is 1.40. The standard InChI is InChI=1S/C7H5BrFNO2/c8-5-3(7(11)12)1-2-4(9)6(5)10/h1-2H,10H2,(H,11,12). The number of nitrogen functional groups attached to an aromatic ring is 1. The fourth-order valence-corrected chi connectivity index (χ4v) is 1.23. The molecule has 3 N–H and O–H groups in total. The van der Waals surface area contributed by atoms with Gasteiger partial charge in [-0.25, -0.2) is 9.18 Å². The molecule has 0 heterocycles. The Morgan fingerprint density at radius 2 is 2.17 bits per heavy atom. The molecule has 0 spiro atoms. The van der Waals surface area contributed by atoms with E-state index in [1.54, 1.807) is 0 Å². The van der Waals surface area contributed by atoms with Crippen molar-refractivity contribution < 1.29 is 14.3 Å². The lowest BCUT2D eigenvalue weighted by Gasteiger charge is -2.02. The Bertz CT molecular complexity index is 340. The van der Waals surface area contributed by atoms with Gasteiger partial charge in [-0.15, -0.1) is 0 Å². The molecule has 1 aromatic carbocycles. The van der Waals surface area contributed by atoms with Crippen molar-refractivity contribution in [3.8, 4) is 0 Å². The number of nitrogens with two attached hydrogens (primary N) is 1. The van der Waals surface area contributed by atoms with Gasteiger partial charge in [-0.05, 0) is 28.1 Å². The van der Waals surface area contributed by atoms with Gasteiger partial charge in [0.25, 0.3) is 0 Å². The highest BCUT2D eigenvalue weighted by Gasteiger charge is 2.12. The van der Waals surface area contributed by atoms with Crippen LogP contribution in [0.2, 0.25) is 0 Å². The van der Waals surface area contributed by atoms with Gasteiger partial charge in [-0.2, -0.15) is 0 Å². The van der Waals surface area contributed by atoms with Gasteiger partial charge in [0.2, 0.25) is 0 Å². The third-order valence-electron chi connectivity index (χ3n) is 1.36. The highest BCUT2D eigenvalue weighted by atomic mass is 79.9. The molecular formula is C7H5BrFNO2. The average Bonchev–Trinajstić information content (AvgIpc) is 2.00. The van der Waals surface area contributed by atoms with Crippen molar-refractivity contribution in [2.24, 2.45) is 0 Å². The van der Waals surface area contributed by atoms with Crippen molar-refractivity contribution in [1.29, 1.82) is 0 Å². The molecule has 0 saturated carbocycles. The summed E-state index contributed by atoms with van der Waals surface area (Å²) in [6.07, 6.45) is 0. The first-order chi connectivity index (χ1) is 5.54. The number of anilines is 1. The maximum Gasteiger partial charge on any atom is 0.336 e. The second-order valence-corrected chi connectivity index (χ2v) is 2.92. The van der Waals surface area contributed by atoms with Crippen molar-refractivity contribution in [1.82, 2.24) is 0 Å². The molecule has 0 atom stereocenters. The Hall–Kier alpha value is -1.10. The summed E-state index contributed by atoms with van der Waals surface area (Å²) in [6.45, 7) is 0. The smallest absolute Gasteiger partial charge is 0.336 e. The number of hydrogen-bond donors (Lipinski definition) is 2. The lowest BCUT2D eigenvalue weighted by molar-refractivity contribution is 0.0696. The second kappa shape index (κ2) is 3.10. The highest BCUT2D eigenvalue weighted by Crippen LogP contribution is 2.26.